The molecule has 0 aliphatic heterocycles. The van der Waals surface area contributed by atoms with Gasteiger partial charge in [-0.05, 0) is 51.2 Å². The fraction of sp³-hybridized carbons (Fsp3) is 0.609. The van der Waals surface area contributed by atoms with Gasteiger partial charge in [0.25, 0.3) is 7.44 Å². The summed E-state index contributed by atoms with van der Waals surface area (Å²) in [5, 5.41) is 6.02. The van der Waals surface area contributed by atoms with E-state index in [2.05, 4.69) is 29.0 Å². The van der Waals surface area contributed by atoms with Gasteiger partial charge in [-0.2, -0.15) is 0 Å². The number of aromatic nitrogens is 1. The van der Waals surface area contributed by atoms with Gasteiger partial charge in [-0.1, -0.05) is 27.7 Å². The number of esters is 2. The standard InChI is InChI=1S/C23H37N4O6PS/c1-7-11-31-21(28)15(5)26-34(30,27-16(6)22(29)32-12-8-2)19-10-9-17(33-19)20-18(13-14(3)4)35-23(24)25-20/h9-10,14-16H,7-8,11-13H2,1-6H3,(H2,24,25)(H2,26,27,30)/t15-,16-/m0/s1. The quantitative estimate of drug-likeness (QED) is 0.244. The molecule has 0 unspecified atom stereocenters. The number of hydrogen-bond acceptors (Lipinski definition) is 9. The van der Waals surface area contributed by atoms with Crippen molar-refractivity contribution in [2.75, 3.05) is 18.9 Å². The Morgan fingerprint density at radius 2 is 1.60 bits per heavy atom. The molecule has 2 aromatic rings. The van der Waals surface area contributed by atoms with Gasteiger partial charge in [0.05, 0.1) is 13.2 Å². The van der Waals surface area contributed by atoms with E-state index >= 15 is 0 Å². The minimum absolute atomic E-state index is 0.0415. The molecule has 4 N–H and O–H groups in total. The van der Waals surface area contributed by atoms with E-state index in [0.29, 0.717) is 35.3 Å². The third-order valence-electron chi connectivity index (χ3n) is 4.80. The molecule has 12 heteroatoms. The largest absolute Gasteiger partial charge is 0.465 e. The molecule has 0 spiro atoms. The fourth-order valence-electron chi connectivity index (χ4n) is 3.17. The second-order valence-electron chi connectivity index (χ2n) is 8.71. The van der Waals surface area contributed by atoms with Gasteiger partial charge in [-0.25, -0.2) is 15.2 Å². The molecule has 196 valence electrons. The molecular weight excluding hydrogens is 491 g/mol. The average molecular weight is 529 g/mol. The SMILES string of the molecule is CCCOC(=O)[C@H](C)NP(=O)(N[C@@H](C)C(=O)OCCC)c1ccc(-c2nc(N)sc2CC(C)C)o1. The van der Waals surface area contributed by atoms with Crippen molar-refractivity contribution < 1.29 is 28.0 Å². The van der Waals surface area contributed by atoms with Crippen molar-refractivity contribution >= 4 is 41.4 Å². The number of thiazole rings is 1. The summed E-state index contributed by atoms with van der Waals surface area (Å²) in [6.45, 7) is 11.5. The highest BCUT2D eigenvalue weighted by Crippen LogP contribution is 2.40. The highest BCUT2D eigenvalue weighted by atomic mass is 32.1. The van der Waals surface area contributed by atoms with Crippen molar-refractivity contribution in [2.45, 2.75) is 72.9 Å². The summed E-state index contributed by atoms with van der Waals surface area (Å²) in [7, 11) is -3.82. The molecular formula is C23H37N4O6PS. The van der Waals surface area contributed by atoms with Crippen molar-refractivity contribution in [1.82, 2.24) is 15.2 Å². The van der Waals surface area contributed by atoms with Crippen molar-refractivity contribution in [3.05, 3.63) is 17.0 Å². The molecule has 0 amide bonds. The van der Waals surface area contributed by atoms with Crippen LogP contribution in [-0.2, 0) is 30.0 Å². The number of ether oxygens (including phenoxy) is 2. The Morgan fingerprint density at radius 1 is 1.06 bits per heavy atom. The van der Waals surface area contributed by atoms with Gasteiger partial charge in [0.1, 0.15) is 17.8 Å². The molecule has 0 aliphatic carbocycles. The van der Waals surface area contributed by atoms with Crippen LogP contribution in [0.25, 0.3) is 11.5 Å². The predicted molar refractivity (Wildman–Crippen MR) is 138 cm³/mol. The Bertz CT molecular complexity index is 1010. The van der Waals surface area contributed by atoms with Gasteiger partial charge < -0.3 is 19.6 Å². The lowest BCUT2D eigenvalue weighted by Crippen LogP contribution is -2.44. The van der Waals surface area contributed by atoms with Gasteiger partial charge >= 0.3 is 11.9 Å². The van der Waals surface area contributed by atoms with Crippen molar-refractivity contribution in [2.24, 2.45) is 5.92 Å². The predicted octanol–water partition coefficient (Wildman–Crippen LogP) is 3.86. The van der Waals surface area contributed by atoms with Crippen LogP contribution in [0.4, 0.5) is 5.13 Å². The summed E-state index contributed by atoms with van der Waals surface area (Å²) >= 11 is 1.38. The van der Waals surface area contributed by atoms with E-state index in [9.17, 15) is 14.2 Å². The van der Waals surface area contributed by atoms with Crippen LogP contribution in [-0.4, -0.2) is 42.2 Å². The van der Waals surface area contributed by atoms with E-state index in [1.807, 2.05) is 13.8 Å². The number of carbonyl (C=O) groups is 2. The number of anilines is 1. The minimum atomic E-state index is -3.82. The third-order valence-corrected chi connectivity index (χ3v) is 8.07. The second kappa shape index (κ2) is 13.2. The first-order chi connectivity index (χ1) is 16.5. The molecule has 2 rings (SSSR count). The molecule has 0 aromatic carbocycles. The van der Waals surface area contributed by atoms with Gasteiger partial charge in [0, 0.05) is 4.88 Å². The fourth-order valence-corrected chi connectivity index (χ4v) is 6.36. The van der Waals surface area contributed by atoms with Crippen LogP contribution in [0.15, 0.2) is 16.5 Å². The summed E-state index contributed by atoms with van der Waals surface area (Å²) in [6.07, 6.45) is 2.08. The van der Waals surface area contributed by atoms with Crippen LogP contribution in [0.5, 0.6) is 0 Å². The number of rotatable bonds is 14. The Kier molecular flexibility index (Phi) is 11.0. The molecule has 0 saturated carbocycles. The monoisotopic (exact) mass is 528 g/mol. The smallest absolute Gasteiger partial charge is 0.323 e. The zero-order chi connectivity index (χ0) is 26.2. The average Bonchev–Trinajstić information content (AvgIpc) is 3.42. The van der Waals surface area contributed by atoms with Crippen molar-refractivity contribution in [3.8, 4) is 11.5 Å². The van der Waals surface area contributed by atoms with Gasteiger partial charge in [0.15, 0.2) is 16.4 Å². The molecule has 35 heavy (non-hydrogen) atoms. The number of hydrogen-bond donors (Lipinski definition) is 3. The number of carbonyl (C=O) groups excluding carboxylic acids is 2. The summed E-state index contributed by atoms with van der Waals surface area (Å²) in [5.74, 6) is -0.348. The molecule has 0 bridgehead atoms. The summed E-state index contributed by atoms with van der Waals surface area (Å²) in [5.41, 5.74) is 6.58. The Balaban J connectivity index is 2.38. The van der Waals surface area contributed by atoms with E-state index in [-0.39, 0.29) is 18.7 Å². The molecule has 2 aromatic heterocycles. The maximum absolute atomic E-state index is 14.1. The summed E-state index contributed by atoms with van der Waals surface area (Å²) < 4.78 is 30.5. The second-order valence-corrected chi connectivity index (χ2v) is 12.0. The lowest BCUT2D eigenvalue weighted by Gasteiger charge is -2.24. The van der Waals surface area contributed by atoms with E-state index in [0.717, 1.165) is 11.3 Å². The van der Waals surface area contributed by atoms with Crippen LogP contribution in [0.3, 0.4) is 0 Å². The van der Waals surface area contributed by atoms with Crippen molar-refractivity contribution in [3.63, 3.8) is 0 Å². The molecule has 0 saturated heterocycles. The first-order valence-electron chi connectivity index (χ1n) is 11.9. The lowest BCUT2D eigenvalue weighted by molar-refractivity contribution is -0.145. The summed E-state index contributed by atoms with van der Waals surface area (Å²) in [6, 6.07) is 1.33. The van der Waals surface area contributed by atoms with E-state index < -0.39 is 31.5 Å². The minimum Gasteiger partial charge on any atom is -0.465 e. The number of nitrogen functional groups attached to an aromatic ring is 1. The van der Waals surface area contributed by atoms with Gasteiger partial charge in [-0.3, -0.25) is 14.2 Å². The number of nitrogens with two attached hydrogens (primary N) is 1. The first-order valence-corrected chi connectivity index (χ1v) is 14.4. The molecule has 0 radical (unpaired) electrons. The van der Waals surface area contributed by atoms with E-state index in [1.165, 1.54) is 25.2 Å². The Morgan fingerprint density at radius 3 is 2.09 bits per heavy atom. The maximum Gasteiger partial charge on any atom is 0.323 e. The molecule has 0 fully saturated rings. The van der Waals surface area contributed by atoms with Crippen LogP contribution >= 0.6 is 18.8 Å². The van der Waals surface area contributed by atoms with Crippen molar-refractivity contribution in [1.29, 1.82) is 0 Å². The maximum atomic E-state index is 14.1. The van der Waals surface area contributed by atoms with Crippen LogP contribution < -0.4 is 21.4 Å². The normalized spacial score (nSPS) is 13.6. The zero-order valence-electron chi connectivity index (χ0n) is 21.3. The molecule has 2 atom stereocenters. The van der Waals surface area contributed by atoms with Gasteiger partial charge in [-0.15, -0.1) is 11.3 Å². The summed E-state index contributed by atoms with van der Waals surface area (Å²) in [4.78, 5) is 30.1. The molecule has 0 aliphatic rings. The number of furan rings is 1. The van der Waals surface area contributed by atoms with Gasteiger partial charge in [0.2, 0.25) is 0 Å². The molecule has 10 nitrogen and oxygen atoms in total. The van der Waals surface area contributed by atoms with E-state index in [1.54, 1.807) is 12.1 Å². The third kappa shape index (κ3) is 8.17. The van der Waals surface area contributed by atoms with Crippen LogP contribution in [0.2, 0.25) is 0 Å². The zero-order valence-corrected chi connectivity index (χ0v) is 23.0. The van der Waals surface area contributed by atoms with E-state index in [4.69, 9.17) is 19.6 Å². The highest BCUT2D eigenvalue weighted by molar-refractivity contribution is 7.67. The Hall–Kier alpha value is -2.20. The van der Waals surface area contributed by atoms with Crippen LogP contribution in [0, 0.1) is 5.92 Å². The van der Waals surface area contributed by atoms with Crippen LogP contribution in [0.1, 0.15) is 59.3 Å². The first kappa shape index (κ1) is 29.0. The number of nitrogens with one attached hydrogen (secondary N) is 2. The molecule has 2 heterocycles. The lowest BCUT2D eigenvalue weighted by atomic mass is 10.1. The Labute approximate surface area is 210 Å². The topological polar surface area (TPSA) is 146 Å². The number of nitrogens with zero attached hydrogens (tertiary/aromatic N) is 1. The highest BCUT2D eigenvalue weighted by Gasteiger charge is 2.36.